The minimum absolute atomic E-state index is 0.488. The first kappa shape index (κ1) is 11.7. The third kappa shape index (κ3) is 3.62. The van der Waals surface area contributed by atoms with Crippen molar-refractivity contribution in [1.82, 2.24) is 15.3 Å². The van der Waals surface area contributed by atoms with Crippen molar-refractivity contribution in [2.75, 3.05) is 6.54 Å². The molecular formula is C13H15N3O. The van der Waals surface area contributed by atoms with Gasteiger partial charge >= 0.3 is 0 Å². The molecule has 1 aromatic carbocycles. The van der Waals surface area contributed by atoms with E-state index in [9.17, 15) is 5.11 Å². The fourth-order valence-corrected chi connectivity index (χ4v) is 1.55. The lowest BCUT2D eigenvalue weighted by Gasteiger charge is -2.11. The molecule has 0 saturated carbocycles. The molecule has 0 aliphatic carbocycles. The molecule has 2 aromatic rings. The number of benzene rings is 1. The molecule has 1 atom stereocenters. The topological polar surface area (TPSA) is 58.0 Å². The molecule has 0 saturated heterocycles. The second-order valence-corrected chi connectivity index (χ2v) is 3.76. The summed E-state index contributed by atoms with van der Waals surface area (Å²) in [4.78, 5) is 7.94. The van der Waals surface area contributed by atoms with Crippen molar-refractivity contribution in [2.45, 2.75) is 12.6 Å². The number of hydrogen-bond donors (Lipinski definition) is 2. The van der Waals surface area contributed by atoms with Crippen LogP contribution >= 0.6 is 0 Å². The van der Waals surface area contributed by atoms with E-state index in [-0.39, 0.29) is 0 Å². The van der Waals surface area contributed by atoms with E-state index in [4.69, 9.17) is 0 Å². The highest BCUT2D eigenvalue weighted by atomic mass is 16.3. The van der Waals surface area contributed by atoms with E-state index < -0.39 is 6.10 Å². The number of aromatic nitrogens is 2. The van der Waals surface area contributed by atoms with Crippen LogP contribution < -0.4 is 5.32 Å². The lowest BCUT2D eigenvalue weighted by molar-refractivity contribution is 0.174. The average molecular weight is 229 g/mol. The smallest absolute Gasteiger partial charge is 0.115 e. The van der Waals surface area contributed by atoms with Gasteiger partial charge in [0.25, 0.3) is 0 Å². The van der Waals surface area contributed by atoms with E-state index in [0.717, 1.165) is 11.3 Å². The molecule has 0 aliphatic rings. The predicted molar refractivity (Wildman–Crippen MR) is 65.1 cm³/mol. The van der Waals surface area contributed by atoms with E-state index in [1.165, 1.54) is 6.33 Å². The number of hydrogen-bond acceptors (Lipinski definition) is 4. The minimum atomic E-state index is -0.488. The zero-order chi connectivity index (χ0) is 11.9. The van der Waals surface area contributed by atoms with Crippen LogP contribution in [0, 0.1) is 0 Å². The summed E-state index contributed by atoms with van der Waals surface area (Å²) in [6.07, 6.45) is 2.74. The molecule has 0 spiro atoms. The zero-order valence-electron chi connectivity index (χ0n) is 9.45. The van der Waals surface area contributed by atoms with Crippen LogP contribution in [0.4, 0.5) is 0 Å². The summed E-state index contributed by atoms with van der Waals surface area (Å²) in [6.45, 7) is 1.14. The Bertz CT molecular complexity index is 433. The highest BCUT2D eigenvalue weighted by molar-refractivity contribution is 5.17. The van der Waals surface area contributed by atoms with Gasteiger partial charge in [0.2, 0.25) is 0 Å². The van der Waals surface area contributed by atoms with Crippen molar-refractivity contribution in [3.63, 3.8) is 0 Å². The quantitative estimate of drug-likeness (QED) is 0.811. The third-order valence-corrected chi connectivity index (χ3v) is 2.47. The summed E-state index contributed by atoms with van der Waals surface area (Å²) >= 11 is 0. The molecule has 1 aromatic heterocycles. The van der Waals surface area contributed by atoms with Gasteiger partial charge in [0.1, 0.15) is 6.33 Å². The van der Waals surface area contributed by atoms with Crippen LogP contribution in [0.3, 0.4) is 0 Å². The molecule has 0 aliphatic heterocycles. The lowest BCUT2D eigenvalue weighted by atomic mass is 10.1. The average Bonchev–Trinajstić information content (AvgIpc) is 2.41. The SMILES string of the molecule is OC(CNCc1ccncn1)c1ccccc1. The molecule has 0 bridgehead atoms. The first-order valence-electron chi connectivity index (χ1n) is 5.55. The van der Waals surface area contributed by atoms with Crippen LogP contribution in [0.5, 0.6) is 0 Å². The van der Waals surface area contributed by atoms with Gasteiger partial charge in [-0.3, -0.25) is 0 Å². The van der Waals surface area contributed by atoms with Gasteiger partial charge in [0, 0.05) is 19.3 Å². The van der Waals surface area contributed by atoms with E-state index in [2.05, 4.69) is 15.3 Å². The molecule has 0 radical (unpaired) electrons. The minimum Gasteiger partial charge on any atom is -0.387 e. The van der Waals surface area contributed by atoms with E-state index in [1.54, 1.807) is 6.20 Å². The molecular weight excluding hydrogens is 214 g/mol. The second kappa shape index (κ2) is 6.08. The van der Waals surface area contributed by atoms with Gasteiger partial charge in [0.05, 0.1) is 11.8 Å². The van der Waals surface area contributed by atoms with Crippen molar-refractivity contribution in [3.8, 4) is 0 Å². The van der Waals surface area contributed by atoms with Gasteiger partial charge in [-0.15, -0.1) is 0 Å². The number of nitrogens with zero attached hydrogens (tertiary/aromatic N) is 2. The van der Waals surface area contributed by atoms with Crippen molar-refractivity contribution < 1.29 is 5.11 Å². The Morgan fingerprint density at radius 3 is 2.71 bits per heavy atom. The van der Waals surface area contributed by atoms with Crippen LogP contribution in [0.15, 0.2) is 48.9 Å². The number of aliphatic hydroxyl groups excluding tert-OH is 1. The fraction of sp³-hybridized carbons (Fsp3) is 0.231. The van der Waals surface area contributed by atoms with Crippen LogP contribution in [-0.4, -0.2) is 21.6 Å². The Kier molecular flexibility index (Phi) is 4.18. The van der Waals surface area contributed by atoms with Crippen molar-refractivity contribution >= 4 is 0 Å². The summed E-state index contributed by atoms with van der Waals surface area (Å²) in [5, 5.41) is 13.1. The van der Waals surface area contributed by atoms with Gasteiger partial charge in [-0.05, 0) is 11.6 Å². The van der Waals surface area contributed by atoms with Crippen LogP contribution in [0.1, 0.15) is 17.4 Å². The lowest BCUT2D eigenvalue weighted by Crippen LogP contribution is -2.21. The summed E-state index contributed by atoms with van der Waals surface area (Å²) in [7, 11) is 0. The largest absolute Gasteiger partial charge is 0.387 e. The first-order valence-corrected chi connectivity index (χ1v) is 5.55. The standard InChI is InChI=1S/C13H15N3O/c17-13(11-4-2-1-3-5-11)9-15-8-12-6-7-14-10-16-12/h1-7,10,13,15,17H,8-9H2. The Labute approximate surface area is 100 Å². The Balaban J connectivity index is 1.79. The Morgan fingerprint density at radius 2 is 2.00 bits per heavy atom. The van der Waals surface area contributed by atoms with E-state index in [0.29, 0.717) is 13.1 Å². The van der Waals surface area contributed by atoms with Crippen molar-refractivity contribution in [2.24, 2.45) is 0 Å². The molecule has 17 heavy (non-hydrogen) atoms. The summed E-state index contributed by atoms with van der Waals surface area (Å²) in [6, 6.07) is 11.5. The number of aliphatic hydroxyl groups is 1. The number of rotatable bonds is 5. The second-order valence-electron chi connectivity index (χ2n) is 3.76. The molecule has 1 unspecified atom stereocenters. The number of nitrogens with one attached hydrogen (secondary N) is 1. The van der Waals surface area contributed by atoms with Gasteiger partial charge in [-0.2, -0.15) is 0 Å². The normalized spacial score (nSPS) is 12.3. The van der Waals surface area contributed by atoms with Gasteiger partial charge in [0.15, 0.2) is 0 Å². The van der Waals surface area contributed by atoms with Crippen molar-refractivity contribution in [3.05, 3.63) is 60.2 Å². The molecule has 0 amide bonds. The summed E-state index contributed by atoms with van der Waals surface area (Å²) in [5.74, 6) is 0. The maximum absolute atomic E-state index is 9.90. The molecule has 0 fully saturated rings. The van der Waals surface area contributed by atoms with E-state index >= 15 is 0 Å². The van der Waals surface area contributed by atoms with E-state index in [1.807, 2.05) is 36.4 Å². The predicted octanol–water partition coefficient (Wildman–Crippen LogP) is 1.30. The first-order chi connectivity index (χ1) is 8.36. The zero-order valence-corrected chi connectivity index (χ0v) is 9.45. The Hall–Kier alpha value is -1.78. The highest BCUT2D eigenvalue weighted by Crippen LogP contribution is 2.10. The molecule has 2 N–H and O–H groups in total. The summed E-state index contributed by atoms with van der Waals surface area (Å²) in [5.41, 5.74) is 1.84. The molecule has 2 rings (SSSR count). The van der Waals surface area contributed by atoms with Crippen LogP contribution in [0.2, 0.25) is 0 Å². The Morgan fingerprint density at radius 1 is 1.18 bits per heavy atom. The van der Waals surface area contributed by atoms with Crippen LogP contribution in [0.25, 0.3) is 0 Å². The maximum Gasteiger partial charge on any atom is 0.115 e. The molecule has 1 heterocycles. The molecule has 88 valence electrons. The van der Waals surface area contributed by atoms with Gasteiger partial charge in [-0.25, -0.2) is 9.97 Å². The summed E-state index contributed by atoms with van der Waals surface area (Å²) < 4.78 is 0. The van der Waals surface area contributed by atoms with Gasteiger partial charge in [-0.1, -0.05) is 30.3 Å². The highest BCUT2D eigenvalue weighted by Gasteiger charge is 2.05. The van der Waals surface area contributed by atoms with Crippen LogP contribution in [-0.2, 0) is 6.54 Å². The fourth-order valence-electron chi connectivity index (χ4n) is 1.55. The maximum atomic E-state index is 9.90. The van der Waals surface area contributed by atoms with Crippen molar-refractivity contribution in [1.29, 1.82) is 0 Å². The molecule has 4 heteroatoms. The third-order valence-electron chi connectivity index (χ3n) is 2.47. The molecule has 4 nitrogen and oxygen atoms in total. The van der Waals surface area contributed by atoms with Gasteiger partial charge < -0.3 is 10.4 Å². The monoisotopic (exact) mass is 229 g/mol.